The van der Waals surface area contributed by atoms with E-state index in [4.69, 9.17) is 10.2 Å². The average molecular weight is 275 g/mol. The molecule has 4 nitrogen and oxygen atoms in total. The van der Waals surface area contributed by atoms with Gasteiger partial charge in [0.15, 0.2) is 0 Å². The second kappa shape index (κ2) is 4.48. The summed E-state index contributed by atoms with van der Waals surface area (Å²) in [5, 5.41) is 0. The van der Waals surface area contributed by atoms with E-state index >= 15 is 0 Å². The van der Waals surface area contributed by atoms with Gasteiger partial charge in [-0.05, 0) is 62.8 Å². The molecule has 0 aliphatic heterocycles. The Balaban J connectivity index is 1.59. The van der Waals surface area contributed by atoms with Crippen molar-refractivity contribution in [2.24, 2.45) is 23.5 Å². The van der Waals surface area contributed by atoms with Crippen molar-refractivity contribution < 1.29 is 4.42 Å². The highest BCUT2D eigenvalue weighted by Gasteiger charge is 2.53. The molecule has 1 heterocycles. The lowest BCUT2D eigenvalue weighted by Gasteiger charge is -2.59. The third-order valence-electron chi connectivity index (χ3n) is 5.94. The Labute approximate surface area is 120 Å². The molecular weight excluding hydrogens is 250 g/mol. The smallest absolute Gasteiger partial charge is 0.297 e. The van der Waals surface area contributed by atoms with Crippen LogP contribution >= 0.6 is 0 Å². The lowest BCUT2D eigenvalue weighted by Crippen LogP contribution is -2.59. The molecule has 5 rings (SSSR count). The Hall–Kier alpha value is -1.03. The molecule has 1 aromatic rings. The minimum absolute atomic E-state index is 0.319. The third kappa shape index (κ3) is 1.88. The summed E-state index contributed by atoms with van der Waals surface area (Å²) in [6.07, 6.45) is 11.0. The number of rotatable bonds is 4. The first-order chi connectivity index (χ1) is 9.68. The van der Waals surface area contributed by atoms with Gasteiger partial charge in [0.1, 0.15) is 6.26 Å². The van der Waals surface area contributed by atoms with E-state index in [1.54, 1.807) is 6.26 Å². The van der Waals surface area contributed by atoms with E-state index in [2.05, 4.69) is 16.9 Å². The Bertz CT molecular complexity index is 460. The maximum Gasteiger partial charge on any atom is 0.297 e. The quantitative estimate of drug-likeness (QED) is 0.917. The summed E-state index contributed by atoms with van der Waals surface area (Å²) in [4.78, 5) is 6.99. The van der Waals surface area contributed by atoms with Gasteiger partial charge in [-0.2, -0.15) is 4.98 Å². The Morgan fingerprint density at radius 3 is 2.40 bits per heavy atom. The molecule has 4 aliphatic carbocycles. The van der Waals surface area contributed by atoms with Crippen molar-refractivity contribution in [3.05, 3.63) is 12.0 Å². The van der Waals surface area contributed by atoms with Crippen LogP contribution in [0.5, 0.6) is 0 Å². The largest absolute Gasteiger partial charge is 0.432 e. The average Bonchev–Trinajstić information content (AvgIpc) is 2.85. The first kappa shape index (κ1) is 12.7. The molecule has 0 saturated heterocycles. The van der Waals surface area contributed by atoms with Crippen molar-refractivity contribution in [3.8, 4) is 0 Å². The summed E-state index contributed by atoms with van der Waals surface area (Å²) in [6, 6.07) is 0.801. The first-order valence-electron chi connectivity index (χ1n) is 8.07. The van der Waals surface area contributed by atoms with Gasteiger partial charge in [0.2, 0.25) is 0 Å². The van der Waals surface area contributed by atoms with Crippen LogP contribution in [0.25, 0.3) is 0 Å². The fourth-order valence-electron chi connectivity index (χ4n) is 5.39. The van der Waals surface area contributed by atoms with E-state index in [1.165, 1.54) is 38.5 Å². The van der Waals surface area contributed by atoms with Gasteiger partial charge in [0.25, 0.3) is 6.01 Å². The number of aromatic nitrogens is 1. The Morgan fingerprint density at radius 1 is 1.25 bits per heavy atom. The fraction of sp³-hybridized carbons (Fsp3) is 0.812. The lowest BCUT2D eigenvalue weighted by molar-refractivity contribution is -0.00376. The highest BCUT2D eigenvalue weighted by Crippen LogP contribution is 2.57. The van der Waals surface area contributed by atoms with Gasteiger partial charge in [-0.15, -0.1) is 0 Å². The predicted molar refractivity (Wildman–Crippen MR) is 78.6 cm³/mol. The maximum absolute atomic E-state index is 5.73. The first-order valence-corrected chi connectivity index (χ1v) is 8.07. The van der Waals surface area contributed by atoms with Crippen LogP contribution in [0.3, 0.4) is 0 Å². The molecule has 0 radical (unpaired) electrons. The zero-order valence-corrected chi connectivity index (χ0v) is 12.3. The van der Waals surface area contributed by atoms with Crippen LogP contribution in [-0.2, 0) is 6.42 Å². The van der Waals surface area contributed by atoms with Gasteiger partial charge in [-0.1, -0.05) is 0 Å². The molecule has 0 unspecified atom stereocenters. The number of oxazole rings is 1. The summed E-state index contributed by atoms with van der Waals surface area (Å²) < 4.78 is 5.73. The topological polar surface area (TPSA) is 55.3 Å². The molecule has 4 fully saturated rings. The molecule has 0 amide bonds. The third-order valence-corrected chi connectivity index (χ3v) is 5.94. The van der Waals surface area contributed by atoms with Crippen molar-refractivity contribution in [2.75, 3.05) is 18.5 Å². The van der Waals surface area contributed by atoms with Crippen LogP contribution < -0.4 is 10.6 Å². The van der Waals surface area contributed by atoms with Crippen molar-refractivity contribution in [1.29, 1.82) is 0 Å². The van der Waals surface area contributed by atoms with Crippen molar-refractivity contribution >= 4 is 6.01 Å². The van der Waals surface area contributed by atoms with Gasteiger partial charge in [-0.25, -0.2) is 0 Å². The molecule has 4 aliphatic rings. The molecule has 0 spiro atoms. The van der Waals surface area contributed by atoms with Crippen LogP contribution in [0.1, 0.15) is 44.2 Å². The molecule has 1 aromatic heterocycles. The van der Waals surface area contributed by atoms with Crippen molar-refractivity contribution in [1.82, 2.24) is 4.98 Å². The SMILES string of the molecule is CN(c1nc(CCN)co1)C12CC3CC(CC(C3)C1)C2. The molecule has 4 bridgehead atoms. The lowest BCUT2D eigenvalue weighted by atomic mass is 9.52. The number of nitrogens with zero attached hydrogens (tertiary/aromatic N) is 2. The van der Waals surface area contributed by atoms with Gasteiger partial charge in [0, 0.05) is 19.0 Å². The minimum atomic E-state index is 0.319. The summed E-state index contributed by atoms with van der Waals surface area (Å²) in [5.41, 5.74) is 6.90. The number of hydrogen-bond donors (Lipinski definition) is 1. The van der Waals surface area contributed by atoms with E-state index in [0.717, 1.165) is 35.9 Å². The van der Waals surface area contributed by atoms with Crippen LogP contribution in [-0.4, -0.2) is 24.1 Å². The molecule has 0 aromatic carbocycles. The number of hydrogen-bond acceptors (Lipinski definition) is 4. The standard InChI is InChI=1S/C16H25N3O/c1-19(15-18-14(2-3-17)10-20-15)16-7-11-4-12(8-16)6-13(5-11)9-16/h10-13H,2-9,17H2,1H3. The molecule has 110 valence electrons. The summed E-state index contributed by atoms with van der Waals surface area (Å²) in [7, 11) is 2.19. The number of nitrogens with two attached hydrogens (primary N) is 1. The van der Waals surface area contributed by atoms with E-state index < -0.39 is 0 Å². The van der Waals surface area contributed by atoms with Crippen molar-refractivity contribution in [3.63, 3.8) is 0 Å². The molecular formula is C16H25N3O. The van der Waals surface area contributed by atoms with Crippen LogP contribution in [0.4, 0.5) is 6.01 Å². The maximum atomic E-state index is 5.73. The predicted octanol–water partition coefficient (Wildman–Crippen LogP) is 2.58. The van der Waals surface area contributed by atoms with E-state index in [0.29, 0.717) is 12.1 Å². The summed E-state index contributed by atoms with van der Waals surface area (Å²) in [6.45, 7) is 0.632. The number of anilines is 1. The fourth-order valence-corrected chi connectivity index (χ4v) is 5.39. The zero-order valence-electron chi connectivity index (χ0n) is 12.3. The van der Waals surface area contributed by atoms with Gasteiger partial charge >= 0.3 is 0 Å². The van der Waals surface area contributed by atoms with Crippen LogP contribution in [0.15, 0.2) is 10.7 Å². The van der Waals surface area contributed by atoms with Gasteiger partial charge in [0.05, 0.1) is 5.69 Å². The molecule has 4 saturated carbocycles. The van der Waals surface area contributed by atoms with E-state index in [-0.39, 0.29) is 0 Å². The zero-order chi connectivity index (χ0) is 13.7. The highest BCUT2D eigenvalue weighted by atomic mass is 16.4. The normalized spacial score (nSPS) is 38.4. The van der Waals surface area contributed by atoms with E-state index in [9.17, 15) is 0 Å². The van der Waals surface area contributed by atoms with Crippen molar-refractivity contribution in [2.45, 2.75) is 50.5 Å². The Morgan fingerprint density at radius 2 is 1.85 bits per heavy atom. The highest BCUT2D eigenvalue weighted by molar-refractivity contribution is 5.34. The van der Waals surface area contributed by atoms with Gasteiger partial charge < -0.3 is 15.1 Å². The molecule has 20 heavy (non-hydrogen) atoms. The second-order valence-electron chi connectivity index (χ2n) is 7.36. The van der Waals surface area contributed by atoms with Crippen LogP contribution in [0, 0.1) is 17.8 Å². The monoisotopic (exact) mass is 275 g/mol. The summed E-state index contributed by atoms with van der Waals surface area (Å²) >= 11 is 0. The molecule has 4 heteroatoms. The van der Waals surface area contributed by atoms with E-state index in [1.807, 2.05) is 0 Å². The molecule has 2 N–H and O–H groups in total. The van der Waals surface area contributed by atoms with Crippen LogP contribution in [0.2, 0.25) is 0 Å². The minimum Gasteiger partial charge on any atom is -0.432 e. The Kier molecular flexibility index (Phi) is 2.85. The second-order valence-corrected chi connectivity index (χ2v) is 7.36. The molecule has 0 atom stereocenters. The van der Waals surface area contributed by atoms with Gasteiger partial charge in [-0.3, -0.25) is 0 Å². The summed E-state index contributed by atoms with van der Waals surface area (Å²) in [5.74, 6) is 2.84.